The van der Waals surface area contributed by atoms with Crippen LogP contribution in [0.2, 0.25) is 0 Å². The number of nitrogens with one attached hydrogen (secondary N) is 1. The molecule has 0 radical (unpaired) electrons. The second-order valence-electron chi connectivity index (χ2n) is 4.60. The number of ether oxygens (including phenoxy) is 1. The molecular formula is C12H22N2O. The summed E-state index contributed by atoms with van der Waals surface area (Å²) in [6.07, 6.45) is 10.5. The second-order valence-corrected chi connectivity index (χ2v) is 4.60. The minimum absolute atomic E-state index is 0.0650. The number of hydrogen-bond acceptors (Lipinski definition) is 3. The van der Waals surface area contributed by atoms with E-state index in [-0.39, 0.29) is 11.6 Å². The zero-order valence-electron chi connectivity index (χ0n) is 9.75. The van der Waals surface area contributed by atoms with Crippen molar-refractivity contribution in [2.45, 2.75) is 50.7 Å². The summed E-state index contributed by atoms with van der Waals surface area (Å²) in [4.78, 5) is 0. The fourth-order valence-corrected chi connectivity index (χ4v) is 2.70. The van der Waals surface area contributed by atoms with Gasteiger partial charge in [0.2, 0.25) is 0 Å². The topological polar surface area (TPSA) is 47.3 Å². The summed E-state index contributed by atoms with van der Waals surface area (Å²) in [6.45, 7) is 2.26. The van der Waals surface area contributed by atoms with Crippen LogP contribution in [0, 0.1) is 18.3 Å². The zero-order chi connectivity index (χ0) is 11.3. The highest BCUT2D eigenvalue weighted by Gasteiger charge is 2.41. The van der Waals surface area contributed by atoms with Crippen LogP contribution in [0.4, 0.5) is 0 Å². The summed E-state index contributed by atoms with van der Waals surface area (Å²) in [6, 6.07) is 0.0650. The van der Waals surface area contributed by atoms with Gasteiger partial charge in [-0.1, -0.05) is 19.8 Å². The fourth-order valence-electron chi connectivity index (χ4n) is 2.70. The van der Waals surface area contributed by atoms with Gasteiger partial charge in [0.15, 0.2) is 0 Å². The first-order valence-corrected chi connectivity index (χ1v) is 5.63. The third-order valence-electron chi connectivity index (χ3n) is 3.56. The average Bonchev–Trinajstić information content (AvgIpc) is 2.25. The molecule has 0 spiro atoms. The Hall–Kier alpha value is -0.560. The second kappa shape index (κ2) is 5.50. The molecule has 3 unspecified atom stereocenters. The SMILES string of the molecule is C#CCC(NN)C1(OC)CCCC(C)C1. The third kappa shape index (κ3) is 2.72. The number of hydrogen-bond donors (Lipinski definition) is 2. The van der Waals surface area contributed by atoms with Crippen molar-refractivity contribution in [3.63, 3.8) is 0 Å². The largest absolute Gasteiger partial charge is 0.377 e. The Morgan fingerprint density at radius 2 is 2.47 bits per heavy atom. The van der Waals surface area contributed by atoms with Crippen LogP contribution in [0.1, 0.15) is 39.0 Å². The standard InChI is InChI=1S/C12H22N2O/c1-4-6-11(14-13)12(15-3)8-5-7-10(2)9-12/h1,10-11,14H,5-9,13H2,2-3H3. The Kier molecular flexibility index (Phi) is 4.59. The van der Waals surface area contributed by atoms with E-state index in [4.69, 9.17) is 17.0 Å². The lowest BCUT2D eigenvalue weighted by Gasteiger charge is -2.43. The van der Waals surface area contributed by atoms with Crippen LogP contribution in [0.15, 0.2) is 0 Å². The molecule has 86 valence electrons. The molecule has 15 heavy (non-hydrogen) atoms. The molecule has 1 rings (SSSR count). The maximum atomic E-state index is 5.72. The molecule has 0 amide bonds. The van der Waals surface area contributed by atoms with Gasteiger partial charge >= 0.3 is 0 Å². The first kappa shape index (κ1) is 12.5. The number of nitrogens with two attached hydrogens (primary N) is 1. The lowest BCUT2D eigenvalue weighted by molar-refractivity contribution is -0.0780. The van der Waals surface area contributed by atoms with Crippen molar-refractivity contribution >= 4 is 0 Å². The molecular weight excluding hydrogens is 188 g/mol. The van der Waals surface area contributed by atoms with Crippen LogP contribution in [0.25, 0.3) is 0 Å². The van der Waals surface area contributed by atoms with Gasteiger partial charge in [-0.15, -0.1) is 12.3 Å². The van der Waals surface area contributed by atoms with E-state index < -0.39 is 0 Å². The smallest absolute Gasteiger partial charge is 0.0856 e. The molecule has 1 aliphatic carbocycles. The molecule has 1 saturated carbocycles. The van der Waals surface area contributed by atoms with E-state index in [1.54, 1.807) is 7.11 Å². The van der Waals surface area contributed by atoms with E-state index >= 15 is 0 Å². The van der Waals surface area contributed by atoms with Crippen molar-refractivity contribution in [2.24, 2.45) is 11.8 Å². The van der Waals surface area contributed by atoms with Gasteiger partial charge in [-0.25, -0.2) is 0 Å². The highest BCUT2D eigenvalue weighted by Crippen LogP contribution is 2.37. The van der Waals surface area contributed by atoms with Crippen molar-refractivity contribution in [1.29, 1.82) is 0 Å². The van der Waals surface area contributed by atoms with Crippen molar-refractivity contribution in [2.75, 3.05) is 7.11 Å². The van der Waals surface area contributed by atoms with Gasteiger partial charge in [-0.3, -0.25) is 11.3 Å². The Balaban J connectivity index is 2.77. The monoisotopic (exact) mass is 210 g/mol. The van der Waals surface area contributed by atoms with Crippen LogP contribution < -0.4 is 11.3 Å². The summed E-state index contributed by atoms with van der Waals surface area (Å²) in [7, 11) is 1.76. The third-order valence-corrected chi connectivity index (χ3v) is 3.56. The summed E-state index contributed by atoms with van der Waals surface area (Å²) in [5, 5.41) is 0. The molecule has 0 bridgehead atoms. The quantitative estimate of drug-likeness (QED) is 0.419. The Morgan fingerprint density at radius 3 is 2.93 bits per heavy atom. The van der Waals surface area contributed by atoms with Gasteiger partial charge < -0.3 is 4.74 Å². The maximum Gasteiger partial charge on any atom is 0.0856 e. The van der Waals surface area contributed by atoms with Gasteiger partial charge in [-0.2, -0.15) is 0 Å². The van der Waals surface area contributed by atoms with Crippen LogP contribution in [-0.4, -0.2) is 18.8 Å². The Morgan fingerprint density at radius 1 is 1.73 bits per heavy atom. The lowest BCUT2D eigenvalue weighted by Crippen LogP contribution is -2.56. The number of rotatable bonds is 4. The molecule has 0 heterocycles. The van der Waals surface area contributed by atoms with E-state index in [0.29, 0.717) is 12.3 Å². The number of methoxy groups -OCH3 is 1. The predicted octanol–water partition coefficient (Wildman–Crippen LogP) is 1.44. The average molecular weight is 210 g/mol. The van der Waals surface area contributed by atoms with Gasteiger partial charge in [0.1, 0.15) is 0 Å². The van der Waals surface area contributed by atoms with E-state index in [1.165, 1.54) is 12.8 Å². The molecule has 0 aromatic heterocycles. The van der Waals surface area contributed by atoms with Crippen LogP contribution in [0.3, 0.4) is 0 Å². The highest BCUT2D eigenvalue weighted by molar-refractivity contribution is 5.02. The molecule has 0 aromatic rings. The molecule has 1 fully saturated rings. The van der Waals surface area contributed by atoms with Gasteiger partial charge in [0.25, 0.3) is 0 Å². The molecule has 3 nitrogen and oxygen atoms in total. The molecule has 0 aromatic carbocycles. The lowest BCUT2D eigenvalue weighted by atomic mass is 9.74. The van der Waals surface area contributed by atoms with E-state index in [0.717, 1.165) is 12.8 Å². The Labute approximate surface area is 92.7 Å². The van der Waals surface area contributed by atoms with Gasteiger partial charge in [-0.05, 0) is 18.8 Å². The molecule has 3 heteroatoms. The van der Waals surface area contributed by atoms with Crippen LogP contribution >= 0.6 is 0 Å². The maximum absolute atomic E-state index is 5.72. The number of terminal acetylenes is 1. The number of hydrazine groups is 1. The van der Waals surface area contributed by atoms with Crippen molar-refractivity contribution in [3.8, 4) is 12.3 Å². The van der Waals surface area contributed by atoms with E-state index in [2.05, 4.69) is 18.3 Å². The zero-order valence-corrected chi connectivity index (χ0v) is 9.75. The molecule has 3 N–H and O–H groups in total. The Bertz CT molecular complexity index is 236. The summed E-state index contributed by atoms with van der Waals surface area (Å²) < 4.78 is 5.72. The fraction of sp³-hybridized carbons (Fsp3) is 0.833. The normalized spacial score (nSPS) is 33.3. The van der Waals surface area contributed by atoms with Gasteiger partial charge in [0.05, 0.1) is 11.6 Å². The summed E-state index contributed by atoms with van der Waals surface area (Å²) >= 11 is 0. The summed E-state index contributed by atoms with van der Waals surface area (Å²) in [5.41, 5.74) is 2.65. The first-order chi connectivity index (χ1) is 7.18. The first-order valence-electron chi connectivity index (χ1n) is 5.63. The minimum Gasteiger partial charge on any atom is -0.377 e. The van der Waals surface area contributed by atoms with Crippen molar-refractivity contribution in [3.05, 3.63) is 0 Å². The van der Waals surface area contributed by atoms with Crippen LogP contribution in [0.5, 0.6) is 0 Å². The van der Waals surface area contributed by atoms with E-state index in [9.17, 15) is 0 Å². The molecule has 3 atom stereocenters. The van der Waals surface area contributed by atoms with Crippen LogP contribution in [-0.2, 0) is 4.74 Å². The minimum atomic E-state index is -0.168. The van der Waals surface area contributed by atoms with Gasteiger partial charge in [0, 0.05) is 13.5 Å². The molecule has 0 saturated heterocycles. The molecule has 1 aliphatic rings. The predicted molar refractivity (Wildman–Crippen MR) is 61.9 cm³/mol. The van der Waals surface area contributed by atoms with Crippen molar-refractivity contribution in [1.82, 2.24) is 5.43 Å². The van der Waals surface area contributed by atoms with Crippen molar-refractivity contribution < 1.29 is 4.74 Å². The highest BCUT2D eigenvalue weighted by atomic mass is 16.5. The van der Waals surface area contributed by atoms with E-state index in [1.807, 2.05) is 0 Å². The molecule has 0 aliphatic heterocycles. The summed E-state index contributed by atoms with van der Waals surface area (Å²) in [5.74, 6) is 8.93.